The summed E-state index contributed by atoms with van der Waals surface area (Å²) in [5.74, 6) is -0.417. The Morgan fingerprint density at radius 2 is 1.17 bits per heavy atom. The summed E-state index contributed by atoms with van der Waals surface area (Å²) < 4.78 is 23.1. The van der Waals surface area contributed by atoms with Crippen molar-refractivity contribution in [3.63, 3.8) is 0 Å². The highest BCUT2D eigenvalue weighted by atomic mass is 31.2. The fourth-order valence-electron chi connectivity index (χ4n) is 4.07. The highest BCUT2D eigenvalue weighted by molar-refractivity contribution is 7.51. The molecule has 1 aliphatic rings. The first-order valence-corrected chi connectivity index (χ1v) is 14.8. The summed E-state index contributed by atoms with van der Waals surface area (Å²) in [6, 6.07) is -0.637. The molecule has 12 nitrogen and oxygen atoms in total. The Balaban J connectivity index is 1.92. The van der Waals surface area contributed by atoms with E-state index >= 15 is 0 Å². The molecule has 0 bridgehead atoms. The van der Waals surface area contributed by atoms with Gasteiger partial charge in [0.05, 0.1) is 35.8 Å². The molecule has 1 fully saturated rings. The molecule has 14 heteroatoms. The van der Waals surface area contributed by atoms with Crippen LogP contribution in [0.1, 0.15) is 59.3 Å². The van der Waals surface area contributed by atoms with Gasteiger partial charge < -0.3 is 29.8 Å². The maximum absolute atomic E-state index is 11.5. The fraction of sp³-hybridized carbons (Fsp3) is 0.455. The third kappa shape index (κ3) is 7.52. The second-order valence-corrected chi connectivity index (χ2v) is 12.2. The van der Waals surface area contributed by atoms with E-state index in [0.717, 1.165) is 12.8 Å². The summed E-state index contributed by atoms with van der Waals surface area (Å²) in [4.78, 5) is 54.7. The zero-order valence-electron chi connectivity index (χ0n) is 19.9. The van der Waals surface area contributed by atoms with Gasteiger partial charge in [0.15, 0.2) is 0 Å². The van der Waals surface area contributed by atoms with Crippen molar-refractivity contribution in [3.8, 4) is 11.5 Å². The van der Waals surface area contributed by atoms with Gasteiger partial charge in [-0.05, 0) is 37.8 Å². The molecule has 0 radical (unpaired) electrons. The molecule has 0 spiro atoms. The van der Waals surface area contributed by atoms with Crippen molar-refractivity contribution < 1.29 is 38.9 Å². The second-order valence-electron chi connectivity index (χ2n) is 8.88. The van der Waals surface area contributed by atoms with Crippen molar-refractivity contribution in [2.75, 3.05) is 0 Å². The van der Waals surface area contributed by atoms with E-state index in [1.165, 1.54) is 24.8 Å². The Bertz CT molecular complexity index is 1170. The zero-order chi connectivity index (χ0) is 26.7. The Hall–Kier alpha value is -2.46. The topological polar surface area (TPSA) is 206 Å². The van der Waals surface area contributed by atoms with E-state index in [1.54, 1.807) is 13.8 Å². The first-order chi connectivity index (χ1) is 16.7. The molecule has 0 aromatic carbocycles. The third-order valence-electron chi connectivity index (χ3n) is 5.95. The summed E-state index contributed by atoms with van der Waals surface area (Å²) in [7, 11) is -8.82. The van der Waals surface area contributed by atoms with Gasteiger partial charge in [0.1, 0.15) is 11.5 Å². The lowest BCUT2D eigenvalue weighted by atomic mass is 9.91. The molecular weight excluding hydrogens is 510 g/mol. The minimum Gasteiger partial charge on any atom is -0.505 e. The van der Waals surface area contributed by atoms with Crippen molar-refractivity contribution >= 4 is 27.6 Å². The van der Waals surface area contributed by atoms with Crippen molar-refractivity contribution in [2.45, 2.75) is 63.9 Å². The quantitative estimate of drug-likeness (QED) is 0.213. The number of aromatic hydroxyl groups is 2. The highest BCUT2D eigenvalue weighted by Crippen LogP contribution is 2.42. The number of aromatic nitrogens is 2. The van der Waals surface area contributed by atoms with E-state index in [4.69, 9.17) is 0 Å². The molecule has 1 saturated carbocycles. The van der Waals surface area contributed by atoms with Gasteiger partial charge in [-0.2, -0.15) is 0 Å². The van der Waals surface area contributed by atoms with Gasteiger partial charge in [0, 0.05) is 35.9 Å². The summed E-state index contributed by atoms with van der Waals surface area (Å²) >= 11 is 0. The zero-order valence-corrected chi connectivity index (χ0v) is 21.7. The molecule has 3 rings (SSSR count). The van der Waals surface area contributed by atoms with Crippen LogP contribution >= 0.6 is 15.2 Å². The highest BCUT2D eigenvalue weighted by Gasteiger charge is 2.26. The Kier molecular flexibility index (Phi) is 8.82. The molecule has 6 N–H and O–H groups in total. The number of pyridine rings is 2. The van der Waals surface area contributed by atoms with Crippen LogP contribution in [0.25, 0.3) is 0 Å². The van der Waals surface area contributed by atoms with Crippen molar-refractivity contribution in [1.29, 1.82) is 0 Å². The summed E-state index contributed by atoms with van der Waals surface area (Å²) in [5, 5.41) is 20.9. The lowest BCUT2D eigenvalue weighted by molar-refractivity contribution is 0.369. The lowest BCUT2D eigenvalue weighted by Gasteiger charge is -2.26. The molecule has 196 valence electrons. The van der Waals surface area contributed by atoms with E-state index in [9.17, 15) is 38.9 Å². The Labute approximate surface area is 208 Å². The van der Waals surface area contributed by atoms with Crippen molar-refractivity contribution in [1.82, 2.24) is 9.97 Å². The molecule has 2 atom stereocenters. The van der Waals surface area contributed by atoms with E-state index in [-0.39, 0.29) is 45.8 Å². The van der Waals surface area contributed by atoms with Gasteiger partial charge >= 0.3 is 15.2 Å². The molecule has 2 unspecified atom stereocenters. The van der Waals surface area contributed by atoms with Gasteiger partial charge in [0.25, 0.3) is 0 Å². The number of nitrogens with zero attached hydrogens (tertiary/aromatic N) is 4. The number of aryl methyl sites for hydroxylation is 2. The molecule has 0 saturated heterocycles. The van der Waals surface area contributed by atoms with Gasteiger partial charge in [-0.15, -0.1) is 0 Å². The first-order valence-electron chi connectivity index (χ1n) is 11.3. The van der Waals surface area contributed by atoms with Crippen molar-refractivity contribution in [3.05, 3.63) is 46.0 Å². The first kappa shape index (κ1) is 28.1. The fourth-order valence-corrected chi connectivity index (χ4v) is 5.46. The monoisotopic (exact) mass is 540 g/mol. The minimum atomic E-state index is -4.41. The maximum Gasteiger partial charge on any atom is 0.329 e. The number of hydrogen-bond donors (Lipinski definition) is 6. The Morgan fingerprint density at radius 3 is 1.50 bits per heavy atom. The van der Waals surface area contributed by atoms with Gasteiger partial charge in [-0.25, -0.2) is 0 Å². The lowest BCUT2D eigenvalue weighted by Crippen LogP contribution is -2.27. The average molecular weight is 540 g/mol. The largest absolute Gasteiger partial charge is 0.505 e. The molecule has 0 amide bonds. The van der Waals surface area contributed by atoms with Crippen LogP contribution in [0.15, 0.2) is 22.4 Å². The third-order valence-corrected chi connectivity index (χ3v) is 7.46. The van der Waals surface area contributed by atoms with Crippen LogP contribution in [-0.2, 0) is 21.5 Å². The summed E-state index contributed by atoms with van der Waals surface area (Å²) in [5.41, 5.74) is 1.31. The molecule has 0 aliphatic heterocycles. The van der Waals surface area contributed by atoms with Gasteiger partial charge in [-0.3, -0.25) is 29.1 Å². The van der Waals surface area contributed by atoms with Crippen LogP contribution in [0.3, 0.4) is 0 Å². The smallest absolute Gasteiger partial charge is 0.329 e. The van der Waals surface area contributed by atoms with E-state index in [0.29, 0.717) is 24.2 Å². The van der Waals surface area contributed by atoms with Crippen LogP contribution in [0.4, 0.5) is 0 Å². The predicted octanol–water partition coefficient (Wildman–Crippen LogP) is 2.71. The number of aliphatic imine (C=N–C) groups is 2. The SMILES string of the molecule is Cc1ncc(CP(=O)(O)O)c(C=NC2CCCCC2N=Cc2c(CP(=O)(O)O)cnc(C)c2O)c1O. The number of hydrogen-bond acceptors (Lipinski definition) is 8. The van der Waals surface area contributed by atoms with E-state index < -0.39 is 27.5 Å². The molecular formula is C22H30N4O8P2. The van der Waals surface area contributed by atoms with Crippen LogP contribution in [0.2, 0.25) is 0 Å². The van der Waals surface area contributed by atoms with Crippen molar-refractivity contribution in [2.24, 2.45) is 9.98 Å². The molecule has 2 heterocycles. The molecule has 2 aromatic heterocycles. The second kappa shape index (κ2) is 11.3. The Morgan fingerprint density at radius 1 is 0.806 bits per heavy atom. The van der Waals surface area contributed by atoms with Gasteiger partial charge in [0.2, 0.25) is 0 Å². The summed E-state index contributed by atoms with van der Waals surface area (Å²) in [6.07, 6.45) is 7.33. The molecule has 2 aromatic rings. The number of rotatable bonds is 8. The average Bonchev–Trinajstić information content (AvgIpc) is 2.77. The van der Waals surface area contributed by atoms with Gasteiger partial charge in [-0.1, -0.05) is 12.8 Å². The minimum absolute atomic E-state index is 0.172. The van der Waals surface area contributed by atoms with Crippen LogP contribution in [0, 0.1) is 13.8 Å². The van der Waals surface area contributed by atoms with Crippen LogP contribution in [0.5, 0.6) is 11.5 Å². The molecule has 36 heavy (non-hydrogen) atoms. The maximum atomic E-state index is 11.5. The van der Waals surface area contributed by atoms with E-state index in [2.05, 4.69) is 20.0 Å². The predicted molar refractivity (Wildman–Crippen MR) is 134 cm³/mol. The standard InChI is InChI=1S/C22H30N4O8P2/c1-13-21(27)17(15(7-23-13)11-35(29,30)31)9-25-19-5-3-4-6-20(19)26-10-18-16(12-36(32,33)34)8-24-14(2)22(18)28/h7-10,19-20,27-28H,3-6,11-12H2,1-2H3,(H2,29,30,31)(H2,32,33,34). The molecule has 1 aliphatic carbocycles. The normalized spacial score (nSPS) is 19.4. The van der Waals surface area contributed by atoms with Crippen LogP contribution < -0.4 is 0 Å². The van der Waals surface area contributed by atoms with E-state index in [1.807, 2.05) is 0 Å². The van der Waals surface area contributed by atoms with Crippen LogP contribution in [-0.4, -0.2) is 64.3 Å². The summed E-state index contributed by atoms with van der Waals surface area (Å²) in [6.45, 7) is 3.14.